The van der Waals surface area contributed by atoms with Crippen LogP contribution >= 0.6 is 27.5 Å². The fraction of sp³-hybridized carbons (Fsp3) is 0.500. The monoisotopic (exact) mass is 399 g/mol. The first-order valence-corrected chi connectivity index (χ1v) is 8.64. The van der Waals surface area contributed by atoms with Crippen molar-refractivity contribution in [3.63, 3.8) is 0 Å². The topological polar surface area (TPSA) is 74.2 Å². The Kier molecular flexibility index (Phi) is 5.77. The number of ether oxygens (including phenoxy) is 1. The summed E-state index contributed by atoms with van der Waals surface area (Å²) in [6.45, 7) is 4.18. The number of carbonyl (C=O) groups is 1. The van der Waals surface area contributed by atoms with E-state index in [0.717, 1.165) is 17.3 Å². The molecule has 0 aromatic heterocycles. The number of amides is 1. The number of carbonyl (C=O) groups excluding carboxylic acids is 1. The molecule has 1 fully saturated rings. The maximum atomic E-state index is 12.2. The van der Waals surface area contributed by atoms with E-state index >= 15 is 0 Å². The number of hydrogen-bond donors (Lipinski definition) is 2. The summed E-state index contributed by atoms with van der Waals surface area (Å²) in [7, 11) is 0. The quantitative estimate of drug-likeness (QED) is 0.731. The van der Waals surface area contributed by atoms with Crippen molar-refractivity contribution >= 4 is 39.1 Å². The smallest absolute Gasteiger partial charge is 0.240 e. The standard InChI is InChI=1S/C16H19BrClN3O2/c1-3-23-15-12(17)6-11(18)7-13(15)20-8-14(22)21-16(2,9-19)10-4-5-10/h6-7,10,20H,3-5,8H2,1-2H3,(H,21,22). The lowest BCUT2D eigenvalue weighted by atomic mass is 9.98. The highest BCUT2D eigenvalue weighted by Crippen LogP contribution is 2.39. The molecule has 1 amide bonds. The van der Waals surface area contributed by atoms with Gasteiger partial charge in [0.1, 0.15) is 5.54 Å². The number of nitriles is 1. The summed E-state index contributed by atoms with van der Waals surface area (Å²) in [5, 5.41) is 15.7. The van der Waals surface area contributed by atoms with E-state index in [-0.39, 0.29) is 18.4 Å². The molecule has 1 aromatic carbocycles. The number of rotatable bonds is 7. The zero-order chi connectivity index (χ0) is 17.0. The van der Waals surface area contributed by atoms with Crippen LogP contribution in [-0.4, -0.2) is 24.6 Å². The molecule has 2 N–H and O–H groups in total. The molecule has 1 atom stereocenters. The van der Waals surface area contributed by atoms with Crippen molar-refractivity contribution in [1.29, 1.82) is 5.26 Å². The lowest BCUT2D eigenvalue weighted by molar-refractivity contribution is -0.120. The average Bonchev–Trinajstić information content (AvgIpc) is 3.33. The van der Waals surface area contributed by atoms with Crippen LogP contribution in [0.3, 0.4) is 0 Å². The first-order chi connectivity index (χ1) is 10.9. The molecule has 5 nitrogen and oxygen atoms in total. The Morgan fingerprint density at radius 3 is 2.83 bits per heavy atom. The Bertz CT molecular complexity index is 643. The van der Waals surface area contributed by atoms with Gasteiger partial charge in [0.2, 0.25) is 5.91 Å². The summed E-state index contributed by atoms with van der Waals surface area (Å²) in [5.74, 6) is 0.616. The van der Waals surface area contributed by atoms with Gasteiger partial charge in [-0.1, -0.05) is 11.6 Å². The van der Waals surface area contributed by atoms with Crippen LogP contribution in [0.2, 0.25) is 5.02 Å². The van der Waals surface area contributed by atoms with E-state index in [4.69, 9.17) is 16.3 Å². The van der Waals surface area contributed by atoms with Crippen LogP contribution in [0.5, 0.6) is 5.75 Å². The van der Waals surface area contributed by atoms with Crippen molar-refractivity contribution in [3.05, 3.63) is 21.6 Å². The maximum absolute atomic E-state index is 12.2. The van der Waals surface area contributed by atoms with Gasteiger partial charge in [0.05, 0.1) is 29.4 Å². The zero-order valence-corrected chi connectivity index (χ0v) is 15.4. The predicted molar refractivity (Wildman–Crippen MR) is 93.7 cm³/mol. The second-order valence-electron chi connectivity index (χ2n) is 5.69. The molecule has 124 valence electrons. The van der Waals surface area contributed by atoms with Gasteiger partial charge in [-0.3, -0.25) is 4.79 Å². The third-order valence-corrected chi connectivity index (χ3v) is 4.57. The molecular formula is C16H19BrClN3O2. The molecule has 23 heavy (non-hydrogen) atoms. The van der Waals surface area contributed by atoms with E-state index in [1.165, 1.54) is 0 Å². The molecule has 7 heteroatoms. The molecule has 1 aromatic rings. The molecule has 1 aliphatic rings. The molecule has 0 radical (unpaired) electrons. The Balaban J connectivity index is 2.03. The van der Waals surface area contributed by atoms with Gasteiger partial charge in [0, 0.05) is 5.02 Å². The third-order valence-electron chi connectivity index (χ3n) is 3.76. The largest absolute Gasteiger partial charge is 0.491 e. The average molecular weight is 401 g/mol. The maximum Gasteiger partial charge on any atom is 0.240 e. The Morgan fingerprint density at radius 1 is 1.57 bits per heavy atom. The van der Waals surface area contributed by atoms with Gasteiger partial charge < -0.3 is 15.4 Å². The van der Waals surface area contributed by atoms with E-state index in [1.54, 1.807) is 19.1 Å². The second-order valence-corrected chi connectivity index (χ2v) is 6.98. The lowest BCUT2D eigenvalue weighted by Gasteiger charge is -2.23. The Morgan fingerprint density at radius 2 is 2.26 bits per heavy atom. The molecule has 0 bridgehead atoms. The van der Waals surface area contributed by atoms with Crippen LogP contribution in [-0.2, 0) is 4.79 Å². The molecule has 0 aliphatic heterocycles. The molecule has 0 spiro atoms. The highest BCUT2D eigenvalue weighted by molar-refractivity contribution is 9.10. The van der Waals surface area contributed by atoms with Crippen molar-refractivity contribution in [2.75, 3.05) is 18.5 Å². The molecule has 0 saturated heterocycles. The number of nitrogens with one attached hydrogen (secondary N) is 2. The summed E-state index contributed by atoms with van der Waals surface area (Å²) >= 11 is 9.45. The van der Waals surface area contributed by atoms with E-state index < -0.39 is 5.54 Å². The Hall–Kier alpha value is -1.45. The van der Waals surface area contributed by atoms with Crippen LogP contribution in [0.25, 0.3) is 0 Å². The second kappa shape index (κ2) is 7.41. The summed E-state index contributed by atoms with van der Waals surface area (Å²) in [4.78, 5) is 12.2. The number of benzene rings is 1. The first-order valence-electron chi connectivity index (χ1n) is 7.47. The minimum absolute atomic E-state index is 0.0385. The van der Waals surface area contributed by atoms with Crippen LogP contribution in [0.15, 0.2) is 16.6 Å². The minimum Gasteiger partial charge on any atom is -0.491 e. The zero-order valence-electron chi connectivity index (χ0n) is 13.1. The highest BCUT2D eigenvalue weighted by atomic mass is 79.9. The van der Waals surface area contributed by atoms with Crippen LogP contribution < -0.4 is 15.4 Å². The molecule has 1 aliphatic carbocycles. The van der Waals surface area contributed by atoms with Gasteiger partial charge in [-0.05, 0) is 60.7 Å². The molecule has 0 heterocycles. The van der Waals surface area contributed by atoms with Crippen molar-refractivity contribution in [2.24, 2.45) is 5.92 Å². The van der Waals surface area contributed by atoms with Gasteiger partial charge in [0.15, 0.2) is 5.75 Å². The summed E-state index contributed by atoms with van der Waals surface area (Å²) in [6.07, 6.45) is 1.96. The first kappa shape index (κ1) is 17.9. The fourth-order valence-electron chi connectivity index (χ4n) is 2.37. The van der Waals surface area contributed by atoms with E-state index in [2.05, 4.69) is 32.6 Å². The third kappa shape index (κ3) is 4.52. The molecule has 1 saturated carbocycles. The number of halogens is 2. The van der Waals surface area contributed by atoms with Crippen LogP contribution in [0.1, 0.15) is 26.7 Å². The van der Waals surface area contributed by atoms with Gasteiger partial charge in [-0.2, -0.15) is 5.26 Å². The van der Waals surface area contributed by atoms with Gasteiger partial charge >= 0.3 is 0 Å². The van der Waals surface area contributed by atoms with Crippen LogP contribution in [0, 0.1) is 17.2 Å². The molecule has 2 rings (SSSR count). The van der Waals surface area contributed by atoms with Crippen molar-refractivity contribution in [2.45, 2.75) is 32.2 Å². The molecular weight excluding hydrogens is 382 g/mol. The number of anilines is 1. The van der Waals surface area contributed by atoms with E-state index in [0.29, 0.717) is 23.1 Å². The van der Waals surface area contributed by atoms with Gasteiger partial charge in [-0.15, -0.1) is 0 Å². The summed E-state index contributed by atoms with van der Waals surface area (Å²) < 4.78 is 6.29. The molecule has 1 unspecified atom stereocenters. The van der Waals surface area contributed by atoms with Crippen molar-refractivity contribution in [3.8, 4) is 11.8 Å². The van der Waals surface area contributed by atoms with E-state index in [9.17, 15) is 10.1 Å². The number of nitrogens with zero attached hydrogens (tertiary/aromatic N) is 1. The summed E-state index contributed by atoms with van der Waals surface area (Å²) in [5.41, 5.74) is -0.164. The summed E-state index contributed by atoms with van der Waals surface area (Å²) in [6, 6.07) is 5.64. The fourth-order valence-corrected chi connectivity index (χ4v) is 3.30. The normalized spacial score (nSPS) is 16.1. The lowest BCUT2D eigenvalue weighted by Crippen LogP contribution is -2.48. The van der Waals surface area contributed by atoms with Gasteiger partial charge in [-0.25, -0.2) is 0 Å². The van der Waals surface area contributed by atoms with Gasteiger partial charge in [0.25, 0.3) is 0 Å². The predicted octanol–water partition coefficient (Wildman–Crippen LogP) is 3.72. The SMILES string of the molecule is CCOc1c(Br)cc(Cl)cc1NCC(=O)NC(C)(C#N)C1CC1. The minimum atomic E-state index is -0.795. The van der Waals surface area contributed by atoms with Crippen molar-refractivity contribution < 1.29 is 9.53 Å². The van der Waals surface area contributed by atoms with E-state index in [1.807, 2.05) is 6.92 Å². The number of hydrogen-bond acceptors (Lipinski definition) is 4. The van der Waals surface area contributed by atoms with Crippen LogP contribution in [0.4, 0.5) is 5.69 Å². The Labute approximate surface area is 149 Å². The highest BCUT2D eigenvalue weighted by Gasteiger charge is 2.42. The van der Waals surface area contributed by atoms with Crippen molar-refractivity contribution in [1.82, 2.24) is 5.32 Å².